The minimum atomic E-state index is -0.508. The topological polar surface area (TPSA) is 102 Å². The maximum absolute atomic E-state index is 12.8. The van der Waals surface area contributed by atoms with Gasteiger partial charge in [-0.05, 0) is 39.7 Å². The molecule has 8 nitrogen and oxygen atoms in total. The van der Waals surface area contributed by atoms with E-state index in [-0.39, 0.29) is 24.9 Å². The second-order valence-electron chi connectivity index (χ2n) is 6.58. The van der Waals surface area contributed by atoms with E-state index in [1.807, 2.05) is 27.7 Å². The summed E-state index contributed by atoms with van der Waals surface area (Å²) in [7, 11) is 0. The highest BCUT2D eigenvalue weighted by molar-refractivity contribution is 5.81. The average Bonchev–Trinajstić information content (AvgIpc) is 2.65. The Labute approximate surface area is 163 Å². The van der Waals surface area contributed by atoms with Crippen molar-refractivity contribution in [3.63, 3.8) is 0 Å². The van der Waals surface area contributed by atoms with Gasteiger partial charge >= 0.3 is 5.69 Å². The summed E-state index contributed by atoms with van der Waals surface area (Å²) >= 11 is 0. The molecule has 0 aliphatic carbocycles. The molecule has 1 amide bonds. The zero-order chi connectivity index (χ0) is 20.7. The SMILES string of the molecule is CCOc1cc2[nH]c(=O)n(CCCC(=O)N[C@@H](C)CC)c(=O)c2cc1OCC. The highest BCUT2D eigenvalue weighted by Crippen LogP contribution is 2.30. The minimum Gasteiger partial charge on any atom is -0.490 e. The summed E-state index contributed by atoms with van der Waals surface area (Å²) in [6, 6.07) is 3.31. The first-order chi connectivity index (χ1) is 13.4. The predicted octanol–water partition coefficient (Wildman–Crippen LogP) is 2.18. The zero-order valence-corrected chi connectivity index (χ0v) is 17.0. The van der Waals surface area contributed by atoms with Crippen molar-refractivity contribution < 1.29 is 14.3 Å². The van der Waals surface area contributed by atoms with Crippen molar-refractivity contribution in [1.29, 1.82) is 0 Å². The molecule has 1 aromatic carbocycles. The van der Waals surface area contributed by atoms with E-state index in [1.54, 1.807) is 12.1 Å². The molecule has 0 spiro atoms. The first kappa shape index (κ1) is 21.5. The van der Waals surface area contributed by atoms with Crippen molar-refractivity contribution in [1.82, 2.24) is 14.9 Å². The van der Waals surface area contributed by atoms with E-state index < -0.39 is 11.2 Å². The van der Waals surface area contributed by atoms with Crippen LogP contribution in [0, 0.1) is 0 Å². The van der Waals surface area contributed by atoms with Crippen LogP contribution in [0.5, 0.6) is 11.5 Å². The van der Waals surface area contributed by atoms with Crippen LogP contribution in [0.25, 0.3) is 10.9 Å². The molecule has 0 aliphatic rings. The van der Waals surface area contributed by atoms with Crippen LogP contribution in [-0.4, -0.2) is 34.7 Å². The molecule has 0 fully saturated rings. The molecule has 2 rings (SSSR count). The molecule has 0 saturated carbocycles. The molecule has 8 heteroatoms. The van der Waals surface area contributed by atoms with Gasteiger partial charge in [0.2, 0.25) is 5.91 Å². The lowest BCUT2D eigenvalue weighted by Crippen LogP contribution is -2.36. The predicted molar refractivity (Wildman–Crippen MR) is 108 cm³/mol. The van der Waals surface area contributed by atoms with Gasteiger partial charge in [0.1, 0.15) is 0 Å². The van der Waals surface area contributed by atoms with Crippen molar-refractivity contribution in [2.75, 3.05) is 13.2 Å². The van der Waals surface area contributed by atoms with Gasteiger partial charge in [0, 0.05) is 25.1 Å². The van der Waals surface area contributed by atoms with Gasteiger partial charge in [-0.15, -0.1) is 0 Å². The number of rotatable bonds is 10. The number of hydrogen-bond donors (Lipinski definition) is 2. The number of aromatic amines is 1. The number of carbonyl (C=O) groups is 1. The van der Waals surface area contributed by atoms with Gasteiger partial charge in [-0.1, -0.05) is 6.92 Å². The molecule has 1 heterocycles. The number of amides is 1. The van der Waals surface area contributed by atoms with Crippen LogP contribution in [0.1, 0.15) is 47.0 Å². The third-order valence-electron chi connectivity index (χ3n) is 4.45. The van der Waals surface area contributed by atoms with Gasteiger partial charge < -0.3 is 19.8 Å². The fourth-order valence-electron chi connectivity index (χ4n) is 2.85. The van der Waals surface area contributed by atoms with Gasteiger partial charge in [-0.2, -0.15) is 0 Å². The van der Waals surface area contributed by atoms with E-state index in [2.05, 4.69) is 10.3 Å². The van der Waals surface area contributed by atoms with Gasteiger partial charge in [-0.3, -0.25) is 14.2 Å². The van der Waals surface area contributed by atoms with Gasteiger partial charge in [0.05, 0.1) is 24.1 Å². The summed E-state index contributed by atoms with van der Waals surface area (Å²) in [5.41, 5.74) is -0.524. The lowest BCUT2D eigenvalue weighted by molar-refractivity contribution is -0.121. The highest BCUT2D eigenvalue weighted by atomic mass is 16.5. The standard InChI is InChI=1S/C20H29N3O5/c1-5-13(4)21-18(24)9-8-10-23-19(25)14-11-16(27-6-2)17(28-7-3)12-15(14)22-20(23)26/h11-13H,5-10H2,1-4H3,(H,21,24)(H,22,26)/t13-/m0/s1. The average molecular weight is 391 g/mol. The Morgan fingerprint density at radius 1 is 1.14 bits per heavy atom. The van der Waals surface area contributed by atoms with Crippen molar-refractivity contribution in [2.24, 2.45) is 0 Å². The lowest BCUT2D eigenvalue weighted by Gasteiger charge is -2.13. The Hall–Kier alpha value is -2.77. The largest absolute Gasteiger partial charge is 0.490 e. The summed E-state index contributed by atoms with van der Waals surface area (Å²) in [6.07, 6.45) is 1.50. The third-order valence-corrected chi connectivity index (χ3v) is 4.45. The molecule has 0 saturated heterocycles. The first-order valence-corrected chi connectivity index (χ1v) is 9.77. The Balaban J connectivity index is 2.27. The Morgan fingerprint density at radius 3 is 2.39 bits per heavy atom. The molecule has 2 N–H and O–H groups in total. The number of H-pyrrole nitrogens is 1. The number of aromatic nitrogens is 2. The molecule has 0 unspecified atom stereocenters. The van der Waals surface area contributed by atoms with Gasteiger partial charge in [-0.25, -0.2) is 4.79 Å². The highest BCUT2D eigenvalue weighted by Gasteiger charge is 2.14. The second-order valence-corrected chi connectivity index (χ2v) is 6.58. The fourth-order valence-corrected chi connectivity index (χ4v) is 2.85. The number of carbonyl (C=O) groups excluding carboxylic acids is 1. The van der Waals surface area contributed by atoms with Crippen LogP contribution < -0.4 is 26.0 Å². The molecule has 0 radical (unpaired) electrons. The lowest BCUT2D eigenvalue weighted by atomic mass is 10.2. The van der Waals surface area contributed by atoms with Crippen LogP contribution >= 0.6 is 0 Å². The van der Waals surface area contributed by atoms with Crippen LogP contribution in [0.15, 0.2) is 21.7 Å². The van der Waals surface area contributed by atoms with Gasteiger partial charge in [0.25, 0.3) is 5.56 Å². The zero-order valence-electron chi connectivity index (χ0n) is 17.0. The Bertz CT molecular complexity index is 932. The number of benzene rings is 1. The third kappa shape index (κ3) is 5.15. The van der Waals surface area contributed by atoms with E-state index in [1.165, 1.54) is 0 Å². The van der Waals surface area contributed by atoms with Crippen LogP contribution in [-0.2, 0) is 11.3 Å². The molecular formula is C20H29N3O5. The van der Waals surface area contributed by atoms with Crippen LogP contribution in [0.2, 0.25) is 0 Å². The maximum Gasteiger partial charge on any atom is 0.328 e. The van der Waals surface area contributed by atoms with Gasteiger partial charge in [0.15, 0.2) is 11.5 Å². The summed E-state index contributed by atoms with van der Waals surface area (Å²) in [5, 5.41) is 3.21. The number of fused-ring (bicyclic) bond motifs is 1. The van der Waals surface area contributed by atoms with E-state index in [9.17, 15) is 14.4 Å². The second kappa shape index (κ2) is 9.96. The van der Waals surface area contributed by atoms with E-state index in [0.717, 1.165) is 11.0 Å². The molecular weight excluding hydrogens is 362 g/mol. The molecule has 0 aliphatic heterocycles. The molecule has 1 aromatic heterocycles. The Kier molecular flexibility index (Phi) is 7.66. The monoisotopic (exact) mass is 391 g/mol. The molecule has 0 bridgehead atoms. The normalized spacial score (nSPS) is 12.0. The van der Waals surface area contributed by atoms with E-state index >= 15 is 0 Å². The van der Waals surface area contributed by atoms with E-state index in [0.29, 0.717) is 42.0 Å². The minimum absolute atomic E-state index is 0.0837. The molecule has 2 aromatic rings. The number of ether oxygens (including phenoxy) is 2. The Morgan fingerprint density at radius 2 is 1.79 bits per heavy atom. The summed E-state index contributed by atoms with van der Waals surface area (Å²) in [5.74, 6) is 0.853. The maximum atomic E-state index is 12.8. The molecule has 154 valence electrons. The number of nitrogens with one attached hydrogen (secondary N) is 2. The fraction of sp³-hybridized carbons (Fsp3) is 0.550. The van der Waals surface area contributed by atoms with E-state index in [4.69, 9.17) is 9.47 Å². The van der Waals surface area contributed by atoms with Crippen LogP contribution in [0.4, 0.5) is 0 Å². The smallest absolute Gasteiger partial charge is 0.328 e. The number of nitrogens with zero attached hydrogens (tertiary/aromatic N) is 1. The first-order valence-electron chi connectivity index (χ1n) is 9.77. The summed E-state index contributed by atoms with van der Waals surface area (Å²) < 4.78 is 12.2. The number of hydrogen-bond acceptors (Lipinski definition) is 5. The molecule has 28 heavy (non-hydrogen) atoms. The van der Waals surface area contributed by atoms with Crippen molar-refractivity contribution in [3.8, 4) is 11.5 Å². The quantitative estimate of drug-likeness (QED) is 0.646. The van der Waals surface area contributed by atoms with Crippen LogP contribution in [0.3, 0.4) is 0 Å². The summed E-state index contributed by atoms with van der Waals surface area (Å²) in [4.78, 5) is 39.8. The van der Waals surface area contributed by atoms with Crippen molar-refractivity contribution in [3.05, 3.63) is 33.0 Å². The molecule has 1 atom stereocenters. The van der Waals surface area contributed by atoms with Crippen molar-refractivity contribution >= 4 is 16.8 Å². The van der Waals surface area contributed by atoms with Crippen molar-refractivity contribution in [2.45, 2.75) is 59.5 Å². The summed E-state index contributed by atoms with van der Waals surface area (Å²) in [6.45, 7) is 8.64.